The smallest absolute Gasteiger partial charge is 0.251 e. The molecule has 0 radical (unpaired) electrons. The van der Waals surface area contributed by atoms with Crippen LogP contribution >= 0.6 is 15.9 Å². The largest absolute Gasteiger partial charge is 0.357 e. The Hall–Kier alpha value is -2.09. The standard InChI is InChI=1S/C19H30BrN5O2/c1-5-21-18(24-13-16(26)25-19(2,3)4)23-11-7-10-22-17(27)14-8-6-9-15(20)12-14/h6,8-9,12H,5,7,10-11,13H2,1-4H3,(H,22,27)(H,25,26)(H2,21,23,24). The van der Waals surface area contributed by atoms with Gasteiger partial charge in [-0.05, 0) is 52.3 Å². The van der Waals surface area contributed by atoms with E-state index in [1.807, 2.05) is 39.8 Å². The minimum absolute atomic E-state index is 0.0617. The number of carbonyl (C=O) groups excluding carboxylic acids is 2. The highest BCUT2D eigenvalue weighted by Crippen LogP contribution is 2.11. The number of hydrogen-bond donors (Lipinski definition) is 4. The maximum atomic E-state index is 12.1. The van der Waals surface area contributed by atoms with Gasteiger partial charge in [-0.25, -0.2) is 4.99 Å². The summed E-state index contributed by atoms with van der Waals surface area (Å²) in [7, 11) is 0. The average molecular weight is 440 g/mol. The highest BCUT2D eigenvalue weighted by atomic mass is 79.9. The maximum absolute atomic E-state index is 12.1. The molecule has 0 atom stereocenters. The van der Waals surface area contributed by atoms with E-state index < -0.39 is 0 Å². The molecule has 4 N–H and O–H groups in total. The molecule has 0 aliphatic carbocycles. The molecule has 8 heteroatoms. The molecule has 0 saturated carbocycles. The summed E-state index contributed by atoms with van der Waals surface area (Å²) in [6.07, 6.45) is 0.734. The fourth-order valence-electron chi connectivity index (χ4n) is 2.18. The van der Waals surface area contributed by atoms with E-state index in [1.54, 1.807) is 12.1 Å². The minimum Gasteiger partial charge on any atom is -0.357 e. The van der Waals surface area contributed by atoms with Gasteiger partial charge < -0.3 is 21.3 Å². The third-order valence-electron chi connectivity index (χ3n) is 3.26. The summed E-state index contributed by atoms with van der Waals surface area (Å²) < 4.78 is 0.874. The third kappa shape index (κ3) is 10.6. The Kier molecular flexibility index (Phi) is 9.85. The Bertz CT molecular complexity index is 656. The molecule has 150 valence electrons. The summed E-state index contributed by atoms with van der Waals surface area (Å²) in [6, 6.07) is 7.27. The van der Waals surface area contributed by atoms with Gasteiger partial charge in [0.1, 0.15) is 6.54 Å². The van der Waals surface area contributed by atoms with Crippen LogP contribution in [0.3, 0.4) is 0 Å². The zero-order valence-electron chi connectivity index (χ0n) is 16.5. The van der Waals surface area contributed by atoms with E-state index in [1.165, 1.54) is 0 Å². The maximum Gasteiger partial charge on any atom is 0.251 e. The summed E-state index contributed by atoms with van der Waals surface area (Å²) in [5.74, 6) is 0.358. The van der Waals surface area contributed by atoms with E-state index in [4.69, 9.17) is 0 Å². The molecule has 2 amide bonds. The highest BCUT2D eigenvalue weighted by molar-refractivity contribution is 9.10. The highest BCUT2D eigenvalue weighted by Gasteiger charge is 2.13. The lowest BCUT2D eigenvalue weighted by Gasteiger charge is -2.20. The van der Waals surface area contributed by atoms with Crippen molar-refractivity contribution in [3.63, 3.8) is 0 Å². The summed E-state index contributed by atoms with van der Waals surface area (Å²) >= 11 is 3.36. The van der Waals surface area contributed by atoms with Crippen LogP contribution < -0.4 is 21.3 Å². The van der Waals surface area contributed by atoms with E-state index in [0.717, 1.165) is 10.9 Å². The van der Waals surface area contributed by atoms with Crippen LogP contribution in [0.4, 0.5) is 0 Å². The molecule has 1 rings (SSSR count). The normalized spacial score (nSPS) is 11.7. The molecule has 1 aromatic carbocycles. The van der Waals surface area contributed by atoms with Gasteiger partial charge in [0.15, 0.2) is 5.96 Å². The molecule has 0 spiro atoms. The quantitative estimate of drug-likeness (QED) is 0.283. The molecule has 0 fully saturated rings. The fourth-order valence-corrected chi connectivity index (χ4v) is 2.58. The van der Waals surface area contributed by atoms with Crippen molar-refractivity contribution in [2.24, 2.45) is 4.99 Å². The number of aliphatic imine (C=N–C) groups is 1. The number of amides is 2. The number of nitrogens with one attached hydrogen (secondary N) is 4. The number of guanidine groups is 1. The van der Waals surface area contributed by atoms with E-state index in [2.05, 4.69) is 42.2 Å². The van der Waals surface area contributed by atoms with Gasteiger partial charge in [0.2, 0.25) is 5.91 Å². The first-order valence-corrected chi connectivity index (χ1v) is 9.87. The predicted octanol–water partition coefficient (Wildman–Crippen LogP) is 2.04. The Morgan fingerprint density at radius 2 is 1.81 bits per heavy atom. The van der Waals surface area contributed by atoms with Crippen molar-refractivity contribution in [3.05, 3.63) is 34.3 Å². The fraction of sp³-hybridized carbons (Fsp3) is 0.526. The SMILES string of the molecule is CCNC(=NCC(=O)NC(C)(C)C)NCCCNC(=O)c1cccc(Br)c1. The Morgan fingerprint density at radius 3 is 2.44 bits per heavy atom. The van der Waals surface area contributed by atoms with Crippen molar-refractivity contribution < 1.29 is 9.59 Å². The second-order valence-corrected chi connectivity index (χ2v) is 7.96. The third-order valence-corrected chi connectivity index (χ3v) is 3.75. The van der Waals surface area contributed by atoms with Crippen LogP contribution in [0, 0.1) is 0 Å². The van der Waals surface area contributed by atoms with E-state index in [9.17, 15) is 9.59 Å². The molecule has 0 heterocycles. The molecule has 27 heavy (non-hydrogen) atoms. The van der Waals surface area contributed by atoms with Crippen LogP contribution in [0.5, 0.6) is 0 Å². The predicted molar refractivity (Wildman–Crippen MR) is 113 cm³/mol. The molecule has 0 unspecified atom stereocenters. The number of nitrogens with zero attached hydrogens (tertiary/aromatic N) is 1. The molecular weight excluding hydrogens is 410 g/mol. The van der Waals surface area contributed by atoms with Crippen LogP contribution in [-0.4, -0.2) is 49.5 Å². The van der Waals surface area contributed by atoms with Crippen molar-refractivity contribution in [1.29, 1.82) is 0 Å². The first kappa shape index (κ1) is 23.0. The van der Waals surface area contributed by atoms with Gasteiger partial charge in [-0.2, -0.15) is 0 Å². The van der Waals surface area contributed by atoms with E-state index >= 15 is 0 Å². The van der Waals surface area contributed by atoms with Gasteiger partial charge in [-0.3, -0.25) is 9.59 Å². The Labute approximate surface area is 169 Å². The van der Waals surface area contributed by atoms with Crippen molar-refractivity contribution in [2.75, 3.05) is 26.2 Å². The van der Waals surface area contributed by atoms with Gasteiger partial charge >= 0.3 is 0 Å². The van der Waals surface area contributed by atoms with Gasteiger partial charge in [0.25, 0.3) is 5.91 Å². The van der Waals surface area contributed by atoms with Crippen LogP contribution in [0.1, 0.15) is 44.5 Å². The van der Waals surface area contributed by atoms with Gasteiger partial charge in [0.05, 0.1) is 0 Å². The number of benzene rings is 1. The zero-order chi connectivity index (χ0) is 20.3. The lowest BCUT2D eigenvalue weighted by molar-refractivity contribution is -0.121. The van der Waals surface area contributed by atoms with Gasteiger partial charge in [-0.1, -0.05) is 22.0 Å². The van der Waals surface area contributed by atoms with Crippen LogP contribution in [0.25, 0.3) is 0 Å². The van der Waals surface area contributed by atoms with Gasteiger partial charge in [-0.15, -0.1) is 0 Å². The zero-order valence-corrected chi connectivity index (χ0v) is 18.1. The molecule has 7 nitrogen and oxygen atoms in total. The molecule has 0 aliphatic rings. The molecule has 0 saturated heterocycles. The summed E-state index contributed by atoms with van der Waals surface area (Å²) in [5.41, 5.74) is 0.349. The number of carbonyl (C=O) groups is 2. The van der Waals surface area contributed by atoms with Crippen molar-refractivity contribution in [1.82, 2.24) is 21.3 Å². The first-order valence-electron chi connectivity index (χ1n) is 9.08. The summed E-state index contributed by atoms with van der Waals surface area (Å²) in [5, 5.41) is 12.0. The second-order valence-electron chi connectivity index (χ2n) is 7.04. The van der Waals surface area contributed by atoms with E-state index in [0.29, 0.717) is 31.2 Å². The van der Waals surface area contributed by atoms with Crippen LogP contribution in [0.15, 0.2) is 33.7 Å². The Balaban J connectivity index is 2.34. The summed E-state index contributed by atoms with van der Waals surface area (Å²) in [6.45, 7) is 9.69. The molecule has 0 aliphatic heterocycles. The average Bonchev–Trinajstić information content (AvgIpc) is 2.57. The van der Waals surface area contributed by atoms with E-state index in [-0.39, 0.29) is 23.9 Å². The van der Waals surface area contributed by atoms with Crippen molar-refractivity contribution >= 4 is 33.7 Å². The molecule has 0 bridgehead atoms. The topological polar surface area (TPSA) is 94.6 Å². The lowest BCUT2D eigenvalue weighted by Crippen LogP contribution is -2.43. The summed E-state index contributed by atoms with van der Waals surface area (Å²) in [4.78, 5) is 28.2. The van der Waals surface area contributed by atoms with Crippen molar-refractivity contribution in [2.45, 2.75) is 39.7 Å². The first-order chi connectivity index (χ1) is 12.7. The monoisotopic (exact) mass is 439 g/mol. The van der Waals surface area contributed by atoms with Crippen LogP contribution in [0.2, 0.25) is 0 Å². The minimum atomic E-state index is -0.273. The number of hydrogen-bond acceptors (Lipinski definition) is 3. The van der Waals surface area contributed by atoms with Crippen LogP contribution in [-0.2, 0) is 4.79 Å². The Morgan fingerprint density at radius 1 is 1.11 bits per heavy atom. The lowest BCUT2D eigenvalue weighted by atomic mass is 10.1. The number of rotatable bonds is 8. The number of halogens is 1. The van der Waals surface area contributed by atoms with Crippen molar-refractivity contribution in [3.8, 4) is 0 Å². The molecular formula is C19H30BrN5O2. The molecule has 0 aromatic heterocycles. The molecule has 1 aromatic rings. The van der Waals surface area contributed by atoms with Gasteiger partial charge in [0, 0.05) is 35.2 Å². The second kappa shape index (κ2) is 11.6.